The van der Waals surface area contributed by atoms with Crippen LogP contribution in [0.1, 0.15) is 31.1 Å². The average Bonchev–Trinajstić information content (AvgIpc) is 2.83. The SMILES string of the molecule is COC(=O)COc1cccc2c(C[NH-])c(C(C)C)oc12.[Ac]. The minimum absolute atomic E-state index is 0. The Morgan fingerprint density at radius 2 is 2.10 bits per heavy atom. The molecule has 0 aliphatic rings. The van der Waals surface area contributed by atoms with Gasteiger partial charge in [0.25, 0.3) is 0 Å². The van der Waals surface area contributed by atoms with E-state index in [-0.39, 0.29) is 63.1 Å². The number of rotatable bonds is 5. The molecule has 1 aromatic heterocycles. The van der Waals surface area contributed by atoms with Gasteiger partial charge in [-0.15, -0.1) is 6.54 Å². The minimum Gasteiger partial charge on any atom is -0.674 e. The van der Waals surface area contributed by atoms with Gasteiger partial charge in [-0.25, -0.2) is 4.79 Å². The van der Waals surface area contributed by atoms with E-state index in [1.54, 1.807) is 6.07 Å². The number of benzene rings is 1. The summed E-state index contributed by atoms with van der Waals surface area (Å²) in [7, 11) is 1.31. The van der Waals surface area contributed by atoms with Gasteiger partial charge in [0.2, 0.25) is 0 Å². The minimum atomic E-state index is -0.446. The first-order valence-corrected chi connectivity index (χ1v) is 6.47. The fourth-order valence-electron chi connectivity index (χ4n) is 2.12. The molecule has 0 amide bonds. The monoisotopic (exact) mass is 503 g/mol. The number of methoxy groups -OCH3 is 1. The van der Waals surface area contributed by atoms with E-state index in [1.807, 2.05) is 26.0 Å². The van der Waals surface area contributed by atoms with Crippen LogP contribution < -0.4 is 4.74 Å². The number of para-hydroxylation sites is 1. The summed E-state index contributed by atoms with van der Waals surface area (Å²) in [6, 6.07) is 5.47. The summed E-state index contributed by atoms with van der Waals surface area (Å²) < 4.78 is 15.8. The summed E-state index contributed by atoms with van der Waals surface area (Å²) in [5.41, 5.74) is 9.13. The molecular formula is C15H18AcNO4-. The van der Waals surface area contributed by atoms with E-state index in [0.29, 0.717) is 11.3 Å². The maximum absolute atomic E-state index is 11.1. The van der Waals surface area contributed by atoms with Crippen molar-refractivity contribution in [2.75, 3.05) is 13.7 Å². The van der Waals surface area contributed by atoms with E-state index in [2.05, 4.69) is 4.74 Å². The molecule has 0 saturated heterocycles. The van der Waals surface area contributed by atoms with Crippen molar-refractivity contribution < 1.29 is 62.7 Å². The van der Waals surface area contributed by atoms with Crippen molar-refractivity contribution in [3.63, 3.8) is 0 Å². The predicted molar refractivity (Wildman–Crippen MR) is 75.8 cm³/mol. The maximum atomic E-state index is 11.1. The first-order chi connectivity index (χ1) is 9.58. The Labute approximate surface area is 159 Å². The van der Waals surface area contributed by atoms with E-state index in [0.717, 1.165) is 16.7 Å². The Hall–Kier alpha value is -0.568. The first-order valence-electron chi connectivity index (χ1n) is 6.47. The average molecular weight is 503 g/mol. The largest absolute Gasteiger partial charge is 0.674 e. The molecule has 0 aliphatic carbocycles. The number of esters is 1. The van der Waals surface area contributed by atoms with Gasteiger partial charge in [0.05, 0.1) is 7.11 Å². The van der Waals surface area contributed by atoms with Gasteiger partial charge in [0.15, 0.2) is 17.9 Å². The molecule has 0 unspecified atom stereocenters. The van der Waals surface area contributed by atoms with Crippen LogP contribution in [0.15, 0.2) is 22.6 Å². The third-order valence-electron chi connectivity index (χ3n) is 3.09. The normalized spacial score (nSPS) is 10.5. The van der Waals surface area contributed by atoms with E-state index in [1.165, 1.54) is 7.11 Å². The number of ether oxygens (including phenoxy) is 2. The van der Waals surface area contributed by atoms with Gasteiger partial charge in [-0.1, -0.05) is 26.0 Å². The van der Waals surface area contributed by atoms with Gasteiger partial charge in [-0.05, 0) is 11.6 Å². The second-order valence-corrected chi connectivity index (χ2v) is 4.77. The van der Waals surface area contributed by atoms with Crippen LogP contribution in [0.3, 0.4) is 0 Å². The van der Waals surface area contributed by atoms with Crippen LogP contribution in [0.2, 0.25) is 0 Å². The molecule has 2 rings (SSSR count). The smallest absolute Gasteiger partial charge is 0.343 e. The van der Waals surface area contributed by atoms with Crippen LogP contribution in [0.5, 0.6) is 5.75 Å². The van der Waals surface area contributed by atoms with Crippen molar-refractivity contribution in [3.05, 3.63) is 35.3 Å². The van der Waals surface area contributed by atoms with Crippen molar-refractivity contribution in [1.29, 1.82) is 0 Å². The Morgan fingerprint density at radius 1 is 1.38 bits per heavy atom. The van der Waals surface area contributed by atoms with Gasteiger partial charge in [0.1, 0.15) is 5.76 Å². The molecule has 111 valence electrons. The van der Waals surface area contributed by atoms with Gasteiger partial charge in [-0.3, -0.25) is 0 Å². The van der Waals surface area contributed by atoms with E-state index in [9.17, 15) is 4.79 Å². The molecule has 0 saturated carbocycles. The molecule has 0 aliphatic heterocycles. The Balaban J connectivity index is 0.00000220. The molecule has 0 bridgehead atoms. The zero-order valence-corrected chi connectivity index (χ0v) is 17.2. The topological polar surface area (TPSA) is 72.5 Å². The van der Waals surface area contributed by atoms with Gasteiger partial charge < -0.3 is 19.6 Å². The molecule has 0 atom stereocenters. The summed E-state index contributed by atoms with van der Waals surface area (Å²) in [5, 5.41) is 0.867. The molecule has 1 aromatic carbocycles. The molecule has 2 aromatic rings. The van der Waals surface area contributed by atoms with Crippen molar-refractivity contribution in [3.8, 4) is 5.75 Å². The fraction of sp³-hybridized carbons (Fsp3) is 0.400. The van der Waals surface area contributed by atoms with Crippen molar-refractivity contribution in [1.82, 2.24) is 0 Å². The zero-order valence-electron chi connectivity index (χ0n) is 12.4. The first kappa shape index (κ1) is 18.5. The number of hydrogen-bond acceptors (Lipinski definition) is 4. The van der Waals surface area contributed by atoms with E-state index in [4.69, 9.17) is 14.9 Å². The molecule has 5 nitrogen and oxygen atoms in total. The third kappa shape index (κ3) is 4.00. The van der Waals surface area contributed by atoms with Crippen molar-refractivity contribution in [2.24, 2.45) is 0 Å². The van der Waals surface area contributed by atoms with Crippen molar-refractivity contribution >= 4 is 16.9 Å². The zero-order chi connectivity index (χ0) is 14.7. The van der Waals surface area contributed by atoms with Crippen molar-refractivity contribution in [2.45, 2.75) is 26.3 Å². The predicted octanol–water partition coefficient (Wildman–Crippen LogP) is 3.66. The molecule has 21 heavy (non-hydrogen) atoms. The van der Waals surface area contributed by atoms with Crippen LogP contribution in [0.25, 0.3) is 16.7 Å². The molecular weight excluding hydrogens is 485 g/mol. The Morgan fingerprint density at radius 3 is 2.67 bits per heavy atom. The number of hydrogen-bond donors (Lipinski definition) is 0. The number of nitrogens with one attached hydrogen (secondary N) is 1. The van der Waals surface area contributed by atoms with Gasteiger partial charge >= 0.3 is 5.97 Å². The Bertz CT molecular complexity index is 621. The second-order valence-electron chi connectivity index (χ2n) is 4.77. The molecule has 6 heteroatoms. The number of furan rings is 1. The summed E-state index contributed by atoms with van der Waals surface area (Å²) in [4.78, 5) is 11.1. The molecule has 1 N–H and O–H groups in total. The number of carbonyl (C=O) groups is 1. The van der Waals surface area contributed by atoms with E-state index < -0.39 is 5.97 Å². The molecule has 1 heterocycles. The molecule has 1 radical (unpaired) electrons. The summed E-state index contributed by atoms with van der Waals surface area (Å²) in [6.07, 6.45) is 0. The summed E-state index contributed by atoms with van der Waals surface area (Å²) in [6.45, 7) is 4.03. The summed E-state index contributed by atoms with van der Waals surface area (Å²) >= 11 is 0. The molecule has 0 fully saturated rings. The van der Waals surface area contributed by atoms with Crippen LogP contribution in [0.4, 0.5) is 0 Å². The quantitative estimate of drug-likeness (QED) is 0.585. The Kier molecular flexibility index (Phi) is 7.19. The van der Waals surface area contributed by atoms with Gasteiger partial charge in [0, 0.05) is 55.4 Å². The number of fused-ring (bicyclic) bond motifs is 1. The van der Waals surface area contributed by atoms with Crippen LogP contribution in [-0.4, -0.2) is 19.7 Å². The number of carbonyl (C=O) groups excluding carboxylic acids is 1. The van der Waals surface area contributed by atoms with Gasteiger partial charge in [-0.2, -0.15) is 0 Å². The van der Waals surface area contributed by atoms with Crippen LogP contribution >= 0.6 is 0 Å². The standard InChI is InChI=1S/C15H18NO4.Ac/c1-9(2)14-11(7-16)10-5-4-6-12(15(10)20-14)19-8-13(17)18-3;/h4-6,9,16H,7-8H2,1-3H3;/q-1;. The van der Waals surface area contributed by atoms with Crippen LogP contribution in [-0.2, 0) is 16.1 Å². The maximum Gasteiger partial charge on any atom is 0.343 e. The second kappa shape index (κ2) is 8.17. The van der Waals surface area contributed by atoms with Crippen LogP contribution in [0, 0.1) is 44.1 Å². The fourth-order valence-corrected chi connectivity index (χ4v) is 2.12. The summed E-state index contributed by atoms with van der Waals surface area (Å²) in [5.74, 6) is 1.04. The van der Waals surface area contributed by atoms with E-state index >= 15 is 0 Å². The third-order valence-corrected chi connectivity index (χ3v) is 3.09. The molecule has 0 spiro atoms.